The van der Waals surface area contributed by atoms with Crippen molar-refractivity contribution in [3.63, 3.8) is 0 Å². The van der Waals surface area contributed by atoms with Crippen molar-refractivity contribution in [2.75, 3.05) is 4.90 Å². The minimum atomic E-state index is 0.785. The summed E-state index contributed by atoms with van der Waals surface area (Å²) >= 11 is 0. The Bertz CT molecular complexity index is 2160. The van der Waals surface area contributed by atoms with E-state index in [-0.39, 0.29) is 0 Å². The van der Waals surface area contributed by atoms with E-state index in [2.05, 4.69) is 131 Å². The molecular weight excluding hydrogens is 488 g/mol. The summed E-state index contributed by atoms with van der Waals surface area (Å²) in [7, 11) is 0. The Morgan fingerprint density at radius 2 is 1.20 bits per heavy atom. The first-order chi connectivity index (χ1) is 19.8. The molecule has 0 bridgehead atoms. The van der Waals surface area contributed by atoms with Gasteiger partial charge in [0.15, 0.2) is 11.2 Å². The van der Waals surface area contributed by atoms with E-state index in [1.807, 2.05) is 24.4 Å². The molecule has 0 aliphatic rings. The van der Waals surface area contributed by atoms with Gasteiger partial charge in [0.1, 0.15) is 5.52 Å². The highest BCUT2D eigenvalue weighted by Gasteiger charge is 2.22. The lowest BCUT2D eigenvalue weighted by molar-refractivity contribution is 0.668. The van der Waals surface area contributed by atoms with Gasteiger partial charge in [-0.2, -0.15) is 0 Å². The first kappa shape index (κ1) is 22.6. The fourth-order valence-electron chi connectivity index (χ4n) is 5.84. The van der Waals surface area contributed by atoms with Crippen molar-refractivity contribution in [2.45, 2.75) is 0 Å². The summed E-state index contributed by atoms with van der Waals surface area (Å²) in [5.41, 5.74) is 7.99. The van der Waals surface area contributed by atoms with Gasteiger partial charge in [-0.15, -0.1) is 0 Å². The summed E-state index contributed by atoms with van der Waals surface area (Å²) in [5.74, 6) is 0. The zero-order valence-electron chi connectivity index (χ0n) is 21.7. The van der Waals surface area contributed by atoms with Gasteiger partial charge < -0.3 is 9.32 Å². The molecule has 8 rings (SSSR count). The number of hydrogen-bond acceptors (Lipinski definition) is 3. The molecule has 0 saturated carbocycles. The normalized spacial score (nSPS) is 11.5. The number of anilines is 3. The Morgan fingerprint density at radius 1 is 0.500 bits per heavy atom. The molecule has 2 aromatic heterocycles. The summed E-state index contributed by atoms with van der Waals surface area (Å²) in [6.45, 7) is 0. The monoisotopic (exact) mass is 512 g/mol. The van der Waals surface area contributed by atoms with E-state index >= 15 is 0 Å². The van der Waals surface area contributed by atoms with E-state index in [0.717, 1.165) is 39.1 Å². The van der Waals surface area contributed by atoms with Gasteiger partial charge in [-0.3, -0.25) is 4.98 Å². The number of para-hydroxylation sites is 1. The van der Waals surface area contributed by atoms with Gasteiger partial charge in [-0.1, -0.05) is 97.1 Å². The van der Waals surface area contributed by atoms with E-state index in [0.29, 0.717) is 0 Å². The Balaban J connectivity index is 1.43. The molecule has 0 spiro atoms. The van der Waals surface area contributed by atoms with Crippen LogP contribution in [0.15, 0.2) is 150 Å². The molecule has 3 nitrogen and oxygen atoms in total. The van der Waals surface area contributed by atoms with Gasteiger partial charge in [-0.25, -0.2) is 0 Å². The van der Waals surface area contributed by atoms with Gasteiger partial charge >= 0.3 is 0 Å². The highest BCUT2D eigenvalue weighted by Crippen LogP contribution is 2.45. The molecule has 0 aliphatic carbocycles. The van der Waals surface area contributed by atoms with Crippen LogP contribution in [0.2, 0.25) is 0 Å². The maximum absolute atomic E-state index is 6.50. The lowest BCUT2D eigenvalue weighted by Gasteiger charge is -2.27. The van der Waals surface area contributed by atoms with Crippen molar-refractivity contribution in [3.8, 4) is 11.1 Å². The highest BCUT2D eigenvalue weighted by molar-refractivity contribution is 6.16. The number of hydrogen-bond donors (Lipinski definition) is 0. The second-order valence-electron chi connectivity index (χ2n) is 10.0. The SMILES string of the molecule is c1ccc(-c2ccc(N(c3cc4ccccc4c4ccccc34)c3cccc4c3oc3cccnc34)cc2)cc1. The van der Waals surface area contributed by atoms with Crippen molar-refractivity contribution in [2.24, 2.45) is 0 Å². The molecule has 2 heterocycles. The Labute approximate surface area is 231 Å². The smallest absolute Gasteiger partial charge is 0.161 e. The van der Waals surface area contributed by atoms with E-state index in [1.165, 1.54) is 32.7 Å². The molecule has 6 aromatic carbocycles. The Hall–Kier alpha value is -5.41. The maximum atomic E-state index is 6.50. The number of nitrogens with zero attached hydrogens (tertiary/aromatic N) is 2. The first-order valence-corrected chi connectivity index (χ1v) is 13.5. The minimum Gasteiger partial charge on any atom is -0.452 e. The van der Waals surface area contributed by atoms with E-state index < -0.39 is 0 Å². The van der Waals surface area contributed by atoms with Crippen molar-refractivity contribution in [3.05, 3.63) is 146 Å². The number of aromatic nitrogens is 1. The number of fused-ring (bicyclic) bond motifs is 6. The largest absolute Gasteiger partial charge is 0.452 e. The fourth-order valence-corrected chi connectivity index (χ4v) is 5.84. The first-order valence-electron chi connectivity index (χ1n) is 13.5. The van der Waals surface area contributed by atoms with E-state index in [9.17, 15) is 0 Å². The van der Waals surface area contributed by atoms with Crippen LogP contribution >= 0.6 is 0 Å². The van der Waals surface area contributed by atoms with Gasteiger partial charge in [0.25, 0.3) is 0 Å². The van der Waals surface area contributed by atoms with Crippen LogP contribution in [0, 0.1) is 0 Å². The maximum Gasteiger partial charge on any atom is 0.161 e. The molecule has 0 unspecified atom stereocenters. The van der Waals surface area contributed by atoms with E-state index in [1.54, 1.807) is 0 Å². The van der Waals surface area contributed by atoms with Crippen LogP contribution in [0.25, 0.3) is 54.7 Å². The van der Waals surface area contributed by atoms with Crippen LogP contribution < -0.4 is 4.90 Å². The zero-order chi connectivity index (χ0) is 26.5. The summed E-state index contributed by atoms with van der Waals surface area (Å²) in [5, 5.41) is 5.84. The number of rotatable bonds is 4. The van der Waals surface area contributed by atoms with Crippen LogP contribution in [-0.2, 0) is 0 Å². The van der Waals surface area contributed by atoms with Gasteiger partial charge in [0.2, 0.25) is 0 Å². The molecule has 3 heteroatoms. The summed E-state index contributed by atoms with van der Waals surface area (Å²) < 4.78 is 6.50. The molecule has 188 valence electrons. The van der Waals surface area contributed by atoms with Crippen LogP contribution in [0.1, 0.15) is 0 Å². The quantitative estimate of drug-likeness (QED) is 0.220. The van der Waals surface area contributed by atoms with Crippen LogP contribution in [0.3, 0.4) is 0 Å². The number of benzene rings is 6. The average molecular weight is 513 g/mol. The average Bonchev–Trinajstić information content (AvgIpc) is 3.42. The van der Waals surface area contributed by atoms with E-state index in [4.69, 9.17) is 4.42 Å². The second-order valence-corrected chi connectivity index (χ2v) is 10.0. The van der Waals surface area contributed by atoms with Crippen LogP contribution in [-0.4, -0.2) is 4.98 Å². The molecular formula is C37H24N2O. The molecule has 0 atom stereocenters. The third kappa shape index (κ3) is 3.56. The lowest BCUT2D eigenvalue weighted by Crippen LogP contribution is -2.11. The second kappa shape index (κ2) is 9.11. The highest BCUT2D eigenvalue weighted by atomic mass is 16.3. The Kier molecular flexibility index (Phi) is 5.14. The topological polar surface area (TPSA) is 29.3 Å². The third-order valence-corrected chi connectivity index (χ3v) is 7.69. The predicted molar refractivity (Wildman–Crippen MR) is 167 cm³/mol. The summed E-state index contributed by atoms with van der Waals surface area (Å²) in [4.78, 5) is 6.97. The molecule has 0 fully saturated rings. The summed E-state index contributed by atoms with van der Waals surface area (Å²) in [6, 6.07) is 49.1. The minimum absolute atomic E-state index is 0.785. The summed E-state index contributed by atoms with van der Waals surface area (Å²) in [6.07, 6.45) is 1.82. The zero-order valence-corrected chi connectivity index (χ0v) is 21.7. The van der Waals surface area contributed by atoms with Crippen molar-refractivity contribution in [1.29, 1.82) is 0 Å². The lowest BCUT2D eigenvalue weighted by atomic mass is 9.98. The molecule has 0 saturated heterocycles. The van der Waals surface area contributed by atoms with Gasteiger partial charge in [0.05, 0.1) is 11.4 Å². The van der Waals surface area contributed by atoms with Crippen molar-refractivity contribution < 1.29 is 4.42 Å². The predicted octanol–water partition coefficient (Wildman–Crippen LogP) is 10.4. The standard InChI is InChI=1S/C37H24N2O/c1-2-10-25(11-3-1)26-19-21-28(22-20-26)39(33-17-8-16-32-36-35(40-37(32)33)18-9-23-38-36)34-24-27-12-4-5-13-29(27)30-14-6-7-15-31(30)34/h1-24H. The molecule has 0 amide bonds. The van der Waals surface area contributed by atoms with Gasteiger partial charge in [0, 0.05) is 22.7 Å². The molecule has 40 heavy (non-hydrogen) atoms. The third-order valence-electron chi connectivity index (χ3n) is 7.69. The molecule has 0 aliphatic heterocycles. The molecule has 0 N–H and O–H groups in total. The number of furan rings is 1. The fraction of sp³-hybridized carbons (Fsp3) is 0. The molecule has 8 aromatic rings. The van der Waals surface area contributed by atoms with Crippen molar-refractivity contribution >= 4 is 60.7 Å². The molecule has 0 radical (unpaired) electrons. The van der Waals surface area contributed by atoms with Gasteiger partial charge in [-0.05, 0) is 69.8 Å². The van der Waals surface area contributed by atoms with Crippen molar-refractivity contribution in [1.82, 2.24) is 4.98 Å². The Morgan fingerprint density at radius 3 is 2.05 bits per heavy atom. The number of pyridine rings is 1. The van der Waals surface area contributed by atoms with Crippen LogP contribution in [0.4, 0.5) is 17.1 Å². The van der Waals surface area contributed by atoms with Crippen LogP contribution in [0.5, 0.6) is 0 Å².